The van der Waals surface area contributed by atoms with Gasteiger partial charge in [-0.2, -0.15) is 0 Å². The van der Waals surface area contributed by atoms with Crippen LogP contribution in [0.15, 0.2) is 40.9 Å². The Bertz CT molecular complexity index is 732. The first-order chi connectivity index (χ1) is 13.3. The van der Waals surface area contributed by atoms with Gasteiger partial charge in [0.25, 0.3) is 5.91 Å². The van der Waals surface area contributed by atoms with E-state index in [0.29, 0.717) is 38.0 Å². The van der Waals surface area contributed by atoms with Crippen molar-refractivity contribution in [3.05, 3.63) is 53.4 Å². The number of piperidine rings is 1. The van der Waals surface area contributed by atoms with E-state index in [1.165, 1.54) is 5.56 Å². The zero-order chi connectivity index (χ0) is 18.5. The molecular weight excluding hydrogens is 342 g/mol. The summed E-state index contributed by atoms with van der Waals surface area (Å²) in [5.41, 5.74) is 2.32. The van der Waals surface area contributed by atoms with Crippen LogP contribution in [-0.4, -0.2) is 66.8 Å². The third kappa shape index (κ3) is 4.57. The molecule has 4 rings (SSSR count). The molecule has 27 heavy (non-hydrogen) atoms. The molecule has 144 valence electrons. The molecule has 3 heterocycles. The van der Waals surface area contributed by atoms with Crippen LogP contribution in [0.1, 0.15) is 40.6 Å². The molecule has 2 saturated heterocycles. The third-order valence-electron chi connectivity index (χ3n) is 5.60. The van der Waals surface area contributed by atoms with Crippen molar-refractivity contribution in [1.82, 2.24) is 15.0 Å². The number of ether oxygens (including phenoxy) is 1. The molecule has 0 spiro atoms. The van der Waals surface area contributed by atoms with Crippen molar-refractivity contribution in [2.24, 2.45) is 0 Å². The average Bonchev–Trinajstić information content (AvgIpc) is 3.24. The van der Waals surface area contributed by atoms with Crippen LogP contribution >= 0.6 is 0 Å². The van der Waals surface area contributed by atoms with Gasteiger partial charge in [-0.25, -0.2) is 0 Å². The number of aromatic nitrogens is 1. The van der Waals surface area contributed by atoms with Crippen LogP contribution in [0.2, 0.25) is 0 Å². The van der Waals surface area contributed by atoms with Gasteiger partial charge in [-0.1, -0.05) is 35.5 Å². The molecule has 0 N–H and O–H groups in total. The summed E-state index contributed by atoms with van der Waals surface area (Å²) in [4.78, 5) is 16.8. The molecule has 6 nitrogen and oxygen atoms in total. The molecular formula is C21H27N3O3. The van der Waals surface area contributed by atoms with Gasteiger partial charge < -0.3 is 19.1 Å². The van der Waals surface area contributed by atoms with E-state index in [1.807, 2.05) is 6.07 Å². The Morgan fingerprint density at radius 2 is 1.81 bits per heavy atom. The minimum Gasteiger partial charge on any atom is -0.378 e. The van der Waals surface area contributed by atoms with Crippen LogP contribution in [0.5, 0.6) is 0 Å². The number of hydrogen-bond acceptors (Lipinski definition) is 5. The Morgan fingerprint density at radius 3 is 2.56 bits per heavy atom. The van der Waals surface area contributed by atoms with Crippen molar-refractivity contribution >= 4 is 5.91 Å². The molecule has 1 aromatic carbocycles. The zero-order valence-corrected chi connectivity index (χ0v) is 15.7. The lowest BCUT2D eigenvalue weighted by molar-refractivity contribution is 0.0277. The highest BCUT2D eigenvalue weighted by Crippen LogP contribution is 2.28. The molecule has 0 radical (unpaired) electrons. The largest absolute Gasteiger partial charge is 0.378 e. The first kappa shape index (κ1) is 18.2. The van der Waals surface area contributed by atoms with Crippen LogP contribution in [0.3, 0.4) is 0 Å². The monoisotopic (exact) mass is 369 g/mol. The highest BCUT2D eigenvalue weighted by molar-refractivity contribution is 5.91. The zero-order valence-electron chi connectivity index (χ0n) is 15.7. The van der Waals surface area contributed by atoms with Gasteiger partial charge in [-0.05, 0) is 37.9 Å². The summed E-state index contributed by atoms with van der Waals surface area (Å²) in [6, 6.07) is 12.5. The second kappa shape index (κ2) is 8.67. The Balaban J connectivity index is 1.27. The summed E-state index contributed by atoms with van der Waals surface area (Å²) in [7, 11) is 0. The smallest absolute Gasteiger partial charge is 0.292 e. The van der Waals surface area contributed by atoms with E-state index in [1.54, 1.807) is 4.90 Å². The molecule has 6 heteroatoms. The fourth-order valence-corrected chi connectivity index (χ4v) is 3.89. The Kier molecular flexibility index (Phi) is 5.84. The number of nitrogens with zero attached hydrogens (tertiary/aromatic N) is 3. The minimum absolute atomic E-state index is 0.0719. The summed E-state index contributed by atoms with van der Waals surface area (Å²) < 4.78 is 10.7. The van der Waals surface area contributed by atoms with E-state index in [2.05, 4.69) is 40.4 Å². The van der Waals surface area contributed by atoms with Gasteiger partial charge >= 0.3 is 0 Å². The lowest BCUT2D eigenvalue weighted by atomic mass is 9.93. The van der Waals surface area contributed by atoms with Crippen molar-refractivity contribution < 1.29 is 14.1 Å². The molecule has 0 unspecified atom stereocenters. The van der Waals surface area contributed by atoms with Crippen LogP contribution in [0, 0.1) is 0 Å². The Morgan fingerprint density at radius 1 is 1.07 bits per heavy atom. The van der Waals surface area contributed by atoms with Crippen molar-refractivity contribution in [2.75, 3.05) is 45.9 Å². The fraction of sp³-hybridized carbons (Fsp3) is 0.524. The highest BCUT2D eigenvalue weighted by atomic mass is 16.5. The number of carbonyl (C=O) groups is 1. The number of amides is 1. The third-order valence-corrected chi connectivity index (χ3v) is 5.60. The van der Waals surface area contributed by atoms with E-state index in [-0.39, 0.29) is 5.91 Å². The van der Waals surface area contributed by atoms with Crippen LogP contribution < -0.4 is 0 Å². The molecule has 2 aliphatic rings. The van der Waals surface area contributed by atoms with Gasteiger partial charge in [0, 0.05) is 31.6 Å². The van der Waals surface area contributed by atoms with Gasteiger partial charge in [0.05, 0.1) is 18.9 Å². The molecule has 0 bridgehead atoms. The summed E-state index contributed by atoms with van der Waals surface area (Å²) in [6.07, 6.45) is 3.21. The maximum atomic E-state index is 12.5. The van der Waals surface area contributed by atoms with Gasteiger partial charge in [-0.15, -0.1) is 0 Å². The standard InChI is InChI=1S/C21H27N3O3/c25-21(24-12-14-26-15-13-24)20-16-19(22-27-20)18-7-10-23(11-8-18)9-6-17-4-2-1-3-5-17/h1-5,16,18H,6-15H2. The van der Waals surface area contributed by atoms with Gasteiger partial charge in [0.1, 0.15) is 0 Å². The Labute approximate surface area is 160 Å². The van der Waals surface area contributed by atoms with Crippen LogP contribution in [-0.2, 0) is 11.2 Å². The minimum atomic E-state index is -0.0719. The van der Waals surface area contributed by atoms with Gasteiger partial charge in [0.2, 0.25) is 5.76 Å². The Hall–Kier alpha value is -2.18. The van der Waals surface area contributed by atoms with E-state index in [4.69, 9.17) is 9.26 Å². The van der Waals surface area contributed by atoms with Crippen LogP contribution in [0.4, 0.5) is 0 Å². The number of hydrogen-bond donors (Lipinski definition) is 0. The quantitative estimate of drug-likeness (QED) is 0.811. The second-order valence-corrected chi connectivity index (χ2v) is 7.37. The predicted octanol–water partition coefficient (Wildman–Crippen LogP) is 2.57. The molecule has 1 amide bonds. The SMILES string of the molecule is O=C(c1cc(C2CCN(CCc3ccccc3)CC2)no1)N1CCOCC1. The van der Waals surface area contributed by atoms with Gasteiger partial charge in [-0.3, -0.25) is 4.79 Å². The maximum Gasteiger partial charge on any atom is 0.292 e. The summed E-state index contributed by atoms with van der Waals surface area (Å²) in [5, 5.41) is 4.20. The van der Waals surface area contributed by atoms with E-state index in [9.17, 15) is 4.79 Å². The summed E-state index contributed by atoms with van der Waals surface area (Å²) in [5.74, 6) is 0.670. The normalized spacial score (nSPS) is 19.3. The summed E-state index contributed by atoms with van der Waals surface area (Å²) >= 11 is 0. The lowest BCUT2D eigenvalue weighted by Gasteiger charge is -2.31. The first-order valence-electron chi connectivity index (χ1n) is 9.89. The number of carbonyl (C=O) groups excluding carboxylic acids is 1. The summed E-state index contributed by atoms with van der Waals surface area (Å²) in [6.45, 7) is 5.65. The second-order valence-electron chi connectivity index (χ2n) is 7.37. The van der Waals surface area contributed by atoms with Crippen molar-refractivity contribution in [1.29, 1.82) is 0 Å². The molecule has 0 aliphatic carbocycles. The van der Waals surface area contributed by atoms with Crippen LogP contribution in [0.25, 0.3) is 0 Å². The number of benzene rings is 1. The first-order valence-corrected chi connectivity index (χ1v) is 9.89. The van der Waals surface area contributed by atoms with E-state index in [0.717, 1.165) is 44.6 Å². The number of likely N-dealkylation sites (tertiary alicyclic amines) is 1. The number of morpholine rings is 1. The molecule has 0 atom stereocenters. The van der Waals surface area contributed by atoms with E-state index < -0.39 is 0 Å². The predicted molar refractivity (Wildman–Crippen MR) is 102 cm³/mol. The lowest BCUT2D eigenvalue weighted by Crippen LogP contribution is -2.40. The number of rotatable bonds is 5. The molecule has 2 aromatic rings. The van der Waals surface area contributed by atoms with Crippen molar-refractivity contribution in [2.45, 2.75) is 25.2 Å². The molecule has 1 aromatic heterocycles. The van der Waals surface area contributed by atoms with Crippen molar-refractivity contribution in [3.63, 3.8) is 0 Å². The molecule has 2 aliphatic heterocycles. The fourth-order valence-electron chi connectivity index (χ4n) is 3.89. The molecule has 2 fully saturated rings. The average molecular weight is 369 g/mol. The maximum absolute atomic E-state index is 12.5. The molecule has 0 saturated carbocycles. The van der Waals surface area contributed by atoms with E-state index >= 15 is 0 Å². The highest BCUT2D eigenvalue weighted by Gasteiger charge is 2.27. The van der Waals surface area contributed by atoms with Gasteiger partial charge in [0.15, 0.2) is 0 Å². The van der Waals surface area contributed by atoms with Crippen molar-refractivity contribution in [3.8, 4) is 0 Å². The topological polar surface area (TPSA) is 58.8 Å².